The molecule has 2 aromatic rings. The normalized spacial score (nSPS) is 11.9. The van der Waals surface area contributed by atoms with Crippen LogP contribution in [0.5, 0.6) is 0 Å². The molecular weight excluding hydrogens is 284 g/mol. The molecule has 1 heterocycles. The molecule has 0 bridgehead atoms. The molecule has 21 heavy (non-hydrogen) atoms. The van der Waals surface area contributed by atoms with Crippen molar-refractivity contribution in [2.75, 3.05) is 0 Å². The molecule has 0 aliphatic rings. The van der Waals surface area contributed by atoms with Gasteiger partial charge in [0.2, 0.25) is 0 Å². The van der Waals surface area contributed by atoms with E-state index < -0.39 is 0 Å². The van der Waals surface area contributed by atoms with E-state index in [4.69, 9.17) is 10.9 Å². The Morgan fingerprint density at radius 1 is 1.29 bits per heavy atom. The minimum Gasteiger partial charge on any atom is -0.409 e. The Morgan fingerprint density at radius 2 is 1.90 bits per heavy atom. The molecule has 0 aliphatic heterocycles. The molecule has 0 radical (unpaired) electrons. The molecule has 0 saturated heterocycles. The number of aryl methyl sites for hydroxylation is 4. The van der Waals surface area contributed by atoms with Crippen LogP contribution in [0.25, 0.3) is 0 Å². The standard InChI is InChI=1S/C15H20N4OS/c1-9-5-10(2)7-12(6-9)8-21-15-13(14(16)18-20)11(3)17-19(15)4/h5-7,20H,8H2,1-4H3,(H2,16,18). The molecule has 0 spiro atoms. The molecule has 0 unspecified atom stereocenters. The van der Waals surface area contributed by atoms with E-state index in [2.05, 4.69) is 42.3 Å². The molecule has 112 valence electrons. The predicted molar refractivity (Wildman–Crippen MR) is 85.9 cm³/mol. The molecule has 1 aromatic carbocycles. The van der Waals surface area contributed by atoms with Crippen molar-refractivity contribution < 1.29 is 5.21 Å². The molecule has 0 atom stereocenters. The Labute approximate surface area is 128 Å². The van der Waals surface area contributed by atoms with Crippen LogP contribution in [0.4, 0.5) is 0 Å². The average molecular weight is 304 g/mol. The van der Waals surface area contributed by atoms with Gasteiger partial charge in [-0.05, 0) is 26.3 Å². The summed E-state index contributed by atoms with van der Waals surface area (Å²) in [5, 5.41) is 17.3. The summed E-state index contributed by atoms with van der Waals surface area (Å²) < 4.78 is 1.77. The number of hydrogen-bond acceptors (Lipinski definition) is 4. The molecule has 0 fully saturated rings. The van der Waals surface area contributed by atoms with Gasteiger partial charge in [0.25, 0.3) is 0 Å². The van der Waals surface area contributed by atoms with Crippen molar-refractivity contribution in [3.05, 3.63) is 46.1 Å². The quantitative estimate of drug-likeness (QED) is 0.299. The van der Waals surface area contributed by atoms with Crippen LogP contribution in [-0.4, -0.2) is 20.8 Å². The third-order valence-electron chi connectivity index (χ3n) is 3.19. The zero-order valence-corrected chi connectivity index (χ0v) is 13.5. The summed E-state index contributed by atoms with van der Waals surface area (Å²) >= 11 is 1.64. The van der Waals surface area contributed by atoms with Crippen molar-refractivity contribution >= 4 is 17.6 Å². The fourth-order valence-electron chi connectivity index (χ4n) is 2.45. The van der Waals surface area contributed by atoms with E-state index in [-0.39, 0.29) is 5.84 Å². The first-order valence-corrected chi connectivity index (χ1v) is 7.62. The average Bonchev–Trinajstić information content (AvgIpc) is 2.68. The summed E-state index contributed by atoms with van der Waals surface area (Å²) in [5.74, 6) is 0.913. The summed E-state index contributed by atoms with van der Waals surface area (Å²) in [6, 6.07) is 6.50. The third-order valence-corrected chi connectivity index (χ3v) is 4.41. The van der Waals surface area contributed by atoms with Gasteiger partial charge in [-0.25, -0.2) is 0 Å². The van der Waals surface area contributed by atoms with E-state index in [1.54, 1.807) is 16.4 Å². The summed E-state index contributed by atoms with van der Waals surface area (Å²) in [7, 11) is 1.87. The topological polar surface area (TPSA) is 76.4 Å². The van der Waals surface area contributed by atoms with Crippen molar-refractivity contribution in [2.24, 2.45) is 17.9 Å². The summed E-state index contributed by atoms with van der Waals surface area (Å²) in [4.78, 5) is 0. The van der Waals surface area contributed by atoms with Crippen LogP contribution in [0.3, 0.4) is 0 Å². The molecule has 1 aromatic heterocycles. The lowest BCUT2D eigenvalue weighted by Crippen LogP contribution is -2.15. The highest BCUT2D eigenvalue weighted by Crippen LogP contribution is 2.28. The number of oxime groups is 1. The molecule has 5 nitrogen and oxygen atoms in total. The SMILES string of the molecule is Cc1cc(C)cc(CSc2c(/C(N)=N/O)c(C)nn2C)c1. The van der Waals surface area contributed by atoms with Crippen molar-refractivity contribution in [3.8, 4) is 0 Å². The number of nitrogens with two attached hydrogens (primary N) is 1. The molecule has 2 rings (SSSR count). The fourth-order valence-corrected chi connectivity index (χ4v) is 3.55. The van der Waals surface area contributed by atoms with E-state index in [1.165, 1.54) is 16.7 Å². The minimum atomic E-state index is 0.100. The zero-order valence-electron chi connectivity index (χ0n) is 12.7. The van der Waals surface area contributed by atoms with Crippen LogP contribution in [0.1, 0.15) is 27.9 Å². The molecule has 0 amide bonds. The molecule has 0 saturated carbocycles. The maximum Gasteiger partial charge on any atom is 0.174 e. The minimum absolute atomic E-state index is 0.100. The van der Waals surface area contributed by atoms with Gasteiger partial charge < -0.3 is 10.9 Å². The highest BCUT2D eigenvalue weighted by molar-refractivity contribution is 7.98. The molecule has 6 heteroatoms. The lowest BCUT2D eigenvalue weighted by molar-refractivity contribution is 0.318. The monoisotopic (exact) mass is 304 g/mol. The highest BCUT2D eigenvalue weighted by atomic mass is 32.2. The Morgan fingerprint density at radius 3 is 2.48 bits per heavy atom. The molecular formula is C15H20N4OS. The number of aromatic nitrogens is 2. The Bertz CT molecular complexity index is 671. The van der Waals surface area contributed by atoms with Crippen molar-refractivity contribution in [3.63, 3.8) is 0 Å². The largest absolute Gasteiger partial charge is 0.409 e. The second kappa shape index (κ2) is 6.22. The van der Waals surface area contributed by atoms with E-state index in [9.17, 15) is 0 Å². The van der Waals surface area contributed by atoms with Gasteiger partial charge in [-0.15, -0.1) is 11.8 Å². The number of amidine groups is 1. The number of benzene rings is 1. The van der Waals surface area contributed by atoms with Crippen molar-refractivity contribution in [1.82, 2.24) is 9.78 Å². The van der Waals surface area contributed by atoms with Gasteiger partial charge in [-0.3, -0.25) is 4.68 Å². The summed E-state index contributed by atoms with van der Waals surface area (Å²) in [5.41, 5.74) is 11.0. The maximum absolute atomic E-state index is 8.92. The first kappa shape index (κ1) is 15.4. The zero-order chi connectivity index (χ0) is 15.6. The van der Waals surface area contributed by atoms with Crippen LogP contribution >= 0.6 is 11.8 Å². The first-order chi connectivity index (χ1) is 9.92. The van der Waals surface area contributed by atoms with Crippen LogP contribution in [0.2, 0.25) is 0 Å². The van der Waals surface area contributed by atoms with Gasteiger partial charge in [0, 0.05) is 12.8 Å². The first-order valence-electron chi connectivity index (χ1n) is 6.64. The second-order valence-electron chi connectivity index (χ2n) is 5.16. The molecule has 0 aliphatic carbocycles. The van der Waals surface area contributed by atoms with Crippen LogP contribution in [0.15, 0.2) is 28.4 Å². The van der Waals surface area contributed by atoms with E-state index in [1.807, 2.05) is 14.0 Å². The summed E-state index contributed by atoms with van der Waals surface area (Å²) in [6.45, 7) is 6.04. The van der Waals surface area contributed by atoms with E-state index >= 15 is 0 Å². The van der Waals surface area contributed by atoms with Crippen LogP contribution in [-0.2, 0) is 12.8 Å². The van der Waals surface area contributed by atoms with Gasteiger partial charge in [0.05, 0.1) is 11.3 Å². The Kier molecular flexibility index (Phi) is 4.57. The smallest absolute Gasteiger partial charge is 0.174 e. The summed E-state index contributed by atoms with van der Waals surface area (Å²) in [6.07, 6.45) is 0. The van der Waals surface area contributed by atoms with E-state index in [0.717, 1.165) is 16.5 Å². The molecule has 3 N–H and O–H groups in total. The van der Waals surface area contributed by atoms with Crippen LogP contribution in [0, 0.1) is 20.8 Å². The lowest BCUT2D eigenvalue weighted by Gasteiger charge is -2.07. The van der Waals surface area contributed by atoms with Crippen molar-refractivity contribution in [2.45, 2.75) is 31.6 Å². The number of rotatable bonds is 4. The van der Waals surface area contributed by atoms with Gasteiger partial charge in [0.15, 0.2) is 5.84 Å². The lowest BCUT2D eigenvalue weighted by atomic mass is 10.1. The number of thioether (sulfide) groups is 1. The highest BCUT2D eigenvalue weighted by Gasteiger charge is 2.17. The van der Waals surface area contributed by atoms with Gasteiger partial charge >= 0.3 is 0 Å². The third kappa shape index (κ3) is 3.39. The Balaban J connectivity index is 2.28. The second-order valence-corrected chi connectivity index (χ2v) is 6.12. The Hall–Kier alpha value is -1.95. The van der Waals surface area contributed by atoms with Gasteiger partial charge in [-0.1, -0.05) is 34.5 Å². The number of hydrogen-bond donors (Lipinski definition) is 2. The fraction of sp³-hybridized carbons (Fsp3) is 0.333. The van der Waals surface area contributed by atoms with Gasteiger partial charge in [-0.2, -0.15) is 5.10 Å². The number of nitrogens with zero attached hydrogens (tertiary/aromatic N) is 3. The van der Waals surface area contributed by atoms with Gasteiger partial charge in [0.1, 0.15) is 5.03 Å². The van der Waals surface area contributed by atoms with Crippen molar-refractivity contribution in [1.29, 1.82) is 0 Å². The van der Waals surface area contributed by atoms with Crippen LogP contribution < -0.4 is 5.73 Å². The van der Waals surface area contributed by atoms with E-state index in [0.29, 0.717) is 5.56 Å². The predicted octanol–water partition coefficient (Wildman–Crippen LogP) is 2.73. The maximum atomic E-state index is 8.92.